The molecule has 0 radical (unpaired) electrons. The van der Waals surface area contributed by atoms with Crippen LogP contribution in [0.15, 0.2) is 6.20 Å². The zero-order valence-electron chi connectivity index (χ0n) is 12.9. The molecule has 1 rings (SSSR count). The highest BCUT2D eigenvalue weighted by Gasteiger charge is 2.11. The molecule has 1 heterocycles. The molecule has 4 heteroatoms. The van der Waals surface area contributed by atoms with Crippen LogP contribution in [0.3, 0.4) is 0 Å². The Balaban J connectivity index is 2.75. The maximum atomic E-state index is 5.87. The van der Waals surface area contributed by atoms with Crippen molar-refractivity contribution in [3.63, 3.8) is 0 Å². The molecule has 0 amide bonds. The standard InChI is InChI=1S/C15H27N3O/c1-6-7-12(4)10-19-14-9-17-15(11(2)3)18-13(14)8-16-5/h9,11-12,16H,6-8,10H2,1-5H3. The molecule has 1 N–H and O–H groups in total. The van der Waals surface area contributed by atoms with E-state index < -0.39 is 0 Å². The van der Waals surface area contributed by atoms with E-state index in [1.54, 1.807) is 0 Å². The van der Waals surface area contributed by atoms with Crippen LogP contribution in [0.4, 0.5) is 0 Å². The first-order valence-electron chi connectivity index (χ1n) is 7.21. The molecular formula is C15H27N3O. The van der Waals surface area contributed by atoms with Crippen LogP contribution in [0.1, 0.15) is 58.0 Å². The molecule has 108 valence electrons. The summed E-state index contributed by atoms with van der Waals surface area (Å²) in [6.45, 7) is 10.0. The fourth-order valence-corrected chi connectivity index (χ4v) is 1.92. The zero-order valence-corrected chi connectivity index (χ0v) is 12.9. The average molecular weight is 265 g/mol. The molecule has 0 bridgehead atoms. The Bertz CT molecular complexity index is 380. The summed E-state index contributed by atoms with van der Waals surface area (Å²) >= 11 is 0. The van der Waals surface area contributed by atoms with E-state index in [0.717, 1.165) is 23.9 Å². The minimum Gasteiger partial charge on any atom is -0.490 e. The summed E-state index contributed by atoms with van der Waals surface area (Å²) in [5.74, 6) is 2.58. The third kappa shape index (κ3) is 5.15. The van der Waals surface area contributed by atoms with E-state index in [2.05, 4.69) is 43.0 Å². The Morgan fingerprint density at radius 1 is 1.32 bits per heavy atom. The van der Waals surface area contributed by atoms with Crippen LogP contribution in [-0.2, 0) is 6.54 Å². The molecule has 0 aromatic carbocycles. The number of aromatic nitrogens is 2. The van der Waals surface area contributed by atoms with E-state index in [-0.39, 0.29) is 0 Å². The molecule has 0 aliphatic carbocycles. The quantitative estimate of drug-likeness (QED) is 0.784. The van der Waals surface area contributed by atoms with Crippen molar-refractivity contribution in [1.82, 2.24) is 15.3 Å². The molecule has 0 aliphatic rings. The minimum absolute atomic E-state index is 0.337. The van der Waals surface area contributed by atoms with Crippen molar-refractivity contribution in [3.05, 3.63) is 17.7 Å². The summed E-state index contributed by atoms with van der Waals surface area (Å²) in [7, 11) is 1.92. The van der Waals surface area contributed by atoms with Gasteiger partial charge in [-0.25, -0.2) is 9.97 Å². The first-order chi connectivity index (χ1) is 9.08. The van der Waals surface area contributed by atoms with Crippen molar-refractivity contribution < 1.29 is 4.74 Å². The van der Waals surface area contributed by atoms with Crippen molar-refractivity contribution in [2.75, 3.05) is 13.7 Å². The Morgan fingerprint density at radius 2 is 2.05 bits per heavy atom. The fraction of sp³-hybridized carbons (Fsp3) is 0.733. The second-order valence-electron chi connectivity index (χ2n) is 5.43. The first-order valence-corrected chi connectivity index (χ1v) is 7.21. The van der Waals surface area contributed by atoms with Gasteiger partial charge in [-0.2, -0.15) is 0 Å². The van der Waals surface area contributed by atoms with Gasteiger partial charge in [0.1, 0.15) is 5.82 Å². The summed E-state index contributed by atoms with van der Waals surface area (Å²) in [5.41, 5.74) is 0.949. The predicted octanol–water partition coefficient (Wildman–Crippen LogP) is 3.13. The lowest BCUT2D eigenvalue weighted by atomic mass is 10.1. The van der Waals surface area contributed by atoms with Gasteiger partial charge in [0.25, 0.3) is 0 Å². The van der Waals surface area contributed by atoms with Gasteiger partial charge in [0, 0.05) is 12.5 Å². The number of nitrogens with one attached hydrogen (secondary N) is 1. The van der Waals surface area contributed by atoms with E-state index in [0.29, 0.717) is 18.4 Å². The van der Waals surface area contributed by atoms with E-state index in [1.807, 2.05) is 13.2 Å². The minimum atomic E-state index is 0.337. The maximum Gasteiger partial charge on any atom is 0.160 e. The highest BCUT2D eigenvalue weighted by atomic mass is 16.5. The first kappa shape index (κ1) is 15.9. The third-order valence-electron chi connectivity index (χ3n) is 3.01. The zero-order chi connectivity index (χ0) is 14.3. The average Bonchev–Trinajstić information content (AvgIpc) is 2.37. The molecule has 1 aromatic heterocycles. The highest BCUT2D eigenvalue weighted by molar-refractivity contribution is 5.25. The van der Waals surface area contributed by atoms with Crippen LogP contribution >= 0.6 is 0 Å². The Labute approximate surface area is 117 Å². The molecule has 0 saturated carbocycles. The number of nitrogens with zero attached hydrogens (tertiary/aromatic N) is 2. The summed E-state index contributed by atoms with van der Waals surface area (Å²) in [6, 6.07) is 0. The second-order valence-corrected chi connectivity index (χ2v) is 5.43. The van der Waals surface area contributed by atoms with Crippen molar-refractivity contribution in [1.29, 1.82) is 0 Å². The van der Waals surface area contributed by atoms with Crippen molar-refractivity contribution in [3.8, 4) is 5.75 Å². The molecule has 19 heavy (non-hydrogen) atoms. The van der Waals surface area contributed by atoms with Gasteiger partial charge in [0.15, 0.2) is 5.75 Å². The van der Waals surface area contributed by atoms with E-state index in [9.17, 15) is 0 Å². The Hall–Kier alpha value is -1.16. The number of rotatable bonds is 8. The molecule has 0 saturated heterocycles. The van der Waals surface area contributed by atoms with E-state index in [1.165, 1.54) is 12.8 Å². The monoisotopic (exact) mass is 265 g/mol. The van der Waals surface area contributed by atoms with Crippen LogP contribution in [0.25, 0.3) is 0 Å². The number of hydrogen-bond donors (Lipinski definition) is 1. The molecule has 0 fully saturated rings. The van der Waals surface area contributed by atoms with Gasteiger partial charge in [0.2, 0.25) is 0 Å². The second kappa shape index (κ2) is 8.10. The van der Waals surface area contributed by atoms with Crippen molar-refractivity contribution in [2.24, 2.45) is 5.92 Å². The number of hydrogen-bond acceptors (Lipinski definition) is 4. The van der Waals surface area contributed by atoms with Gasteiger partial charge >= 0.3 is 0 Å². The third-order valence-corrected chi connectivity index (χ3v) is 3.01. The Kier molecular flexibility index (Phi) is 6.78. The number of ether oxygens (including phenoxy) is 1. The molecule has 0 spiro atoms. The van der Waals surface area contributed by atoms with E-state index >= 15 is 0 Å². The molecular weight excluding hydrogens is 238 g/mol. The van der Waals surface area contributed by atoms with Crippen LogP contribution < -0.4 is 10.1 Å². The summed E-state index contributed by atoms with van der Waals surface area (Å²) in [4.78, 5) is 8.97. The lowest BCUT2D eigenvalue weighted by Crippen LogP contribution is -2.15. The van der Waals surface area contributed by atoms with E-state index in [4.69, 9.17) is 4.74 Å². The normalized spacial score (nSPS) is 12.7. The van der Waals surface area contributed by atoms with Gasteiger partial charge in [-0.15, -0.1) is 0 Å². The van der Waals surface area contributed by atoms with Gasteiger partial charge < -0.3 is 10.1 Å². The van der Waals surface area contributed by atoms with Gasteiger partial charge in [-0.1, -0.05) is 34.1 Å². The van der Waals surface area contributed by atoms with Crippen molar-refractivity contribution in [2.45, 2.75) is 53.0 Å². The van der Waals surface area contributed by atoms with Crippen LogP contribution in [-0.4, -0.2) is 23.6 Å². The summed E-state index contributed by atoms with van der Waals surface area (Å²) in [6.07, 6.45) is 4.19. The van der Waals surface area contributed by atoms with Crippen LogP contribution in [0.5, 0.6) is 5.75 Å². The highest BCUT2D eigenvalue weighted by Crippen LogP contribution is 2.19. The van der Waals surface area contributed by atoms with Gasteiger partial charge in [0.05, 0.1) is 18.5 Å². The summed E-state index contributed by atoms with van der Waals surface area (Å²) < 4.78 is 5.87. The SMILES string of the molecule is CCCC(C)COc1cnc(C(C)C)nc1CNC. The maximum absolute atomic E-state index is 5.87. The molecule has 1 aromatic rings. The van der Waals surface area contributed by atoms with Gasteiger partial charge in [-0.05, 0) is 19.4 Å². The topological polar surface area (TPSA) is 47.0 Å². The van der Waals surface area contributed by atoms with Crippen LogP contribution in [0.2, 0.25) is 0 Å². The predicted molar refractivity (Wildman–Crippen MR) is 78.5 cm³/mol. The summed E-state index contributed by atoms with van der Waals surface area (Å²) in [5, 5.41) is 3.13. The lowest BCUT2D eigenvalue weighted by Gasteiger charge is -2.15. The Morgan fingerprint density at radius 3 is 2.63 bits per heavy atom. The van der Waals surface area contributed by atoms with Crippen LogP contribution in [0, 0.1) is 5.92 Å². The molecule has 0 aliphatic heterocycles. The molecule has 1 unspecified atom stereocenters. The smallest absolute Gasteiger partial charge is 0.160 e. The lowest BCUT2D eigenvalue weighted by molar-refractivity contribution is 0.246. The molecule has 1 atom stereocenters. The fourth-order valence-electron chi connectivity index (χ4n) is 1.92. The van der Waals surface area contributed by atoms with Crippen molar-refractivity contribution >= 4 is 0 Å². The largest absolute Gasteiger partial charge is 0.490 e. The molecule has 4 nitrogen and oxygen atoms in total. The van der Waals surface area contributed by atoms with Gasteiger partial charge in [-0.3, -0.25) is 0 Å².